The fraction of sp³-hybridized carbons (Fsp3) is 0.0909. The summed E-state index contributed by atoms with van der Waals surface area (Å²) in [4.78, 5) is 58.5. The average Bonchev–Trinajstić information content (AvgIpc) is 3.51. The number of nitrogens with zero attached hydrogens (tertiary/aromatic N) is 3. The van der Waals surface area contributed by atoms with E-state index < -0.39 is 29.6 Å². The first-order chi connectivity index (χ1) is 26.3. The zero-order chi connectivity index (χ0) is 37.6. The molecule has 1 fully saturated rings. The molecule has 2 heterocycles. The van der Waals surface area contributed by atoms with Gasteiger partial charge in [-0.25, -0.2) is 14.7 Å². The van der Waals surface area contributed by atoms with Crippen LogP contribution in [0.1, 0.15) is 32.7 Å². The number of ether oxygens (including phenoxy) is 2. The molecule has 54 heavy (non-hydrogen) atoms. The van der Waals surface area contributed by atoms with Gasteiger partial charge in [0.1, 0.15) is 16.8 Å². The first kappa shape index (κ1) is 35.6. The van der Waals surface area contributed by atoms with Crippen LogP contribution in [0, 0.1) is 11.3 Å². The Balaban J connectivity index is 1.05. The van der Waals surface area contributed by atoms with Crippen LogP contribution in [0.25, 0.3) is 33.5 Å². The lowest BCUT2D eigenvalue weighted by Crippen LogP contribution is -2.31. The monoisotopic (exact) mass is 729 g/mol. The second-order valence-electron chi connectivity index (χ2n) is 12.3. The van der Waals surface area contributed by atoms with Crippen LogP contribution >= 0.6 is 11.8 Å². The van der Waals surface area contributed by atoms with Gasteiger partial charge in [-0.15, -0.1) is 0 Å². The van der Waals surface area contributed by atoms with Crippen molar-refractivity contribution in [2.45, 2.75) is 16.7 Å². The molecular formula is C44H31N3O6S. The second-order valence-corrected chi connectivity index (χ2v) is 13.5. The van der Waals surface area contributed by atoms with E-state index in [9.17, 15) is 24.4 Å². The Morgan fingerprint density at radius 2 is 1.37 bits per heavy atom. The summed E-state index contributed by atoms with van der Waals surface area (Å²) in [7, 11) is 1.58. The summed E-state index contributed by atoms with van der Waals surface area (Å²) in [5.41, 5.74) is 5.97. The predicted molar refractivity (Wildman–Crippen MR) is 206 cm³/mol. The maximum Gasteiger partial charge on any atom is 0.338 e. The minimum atomic E-state index is -0.843. The van der Waals surface area contributed by atoms with E-state index in [1.165, 1.54) is 24.3 Å². The van der Waals surface area contributed by atoms with E-state index >= 15 is 0 Å². The number of nitriles is 1. The van der Waals surface area contributed by atoms with Gasteiger partial charge < -0.3 is 9.47 Å². The van der Waals surface area contributed by atoms with Crippen molar-refractivity contribution in [1.82, 2.24) is 4.98 Å². The number of benzene rings is 5. The Morgan fingerprint density at radius 3 is 2.00 bits per heavy atom. The number of anilines is 1. The van der Waals surface area contributed by atoms with Crippen LogP contribution in [0.5, 0.6) is 5.75 Å². The Morgan fingerprint density at radius 1 is 0.778 bits per heavy atom. The molecule has 5 aromatic carbocycles. The number of ketones is 1. The van der Waals surface area contributed by atoms with Crippen LogP contribution in [0.2, 0.25) is 0 Å². The fourth-order valence-electron chi connectivity index (χ4n) is 6.10. The van der Waals surface area contributed by atoms with Gasteiger partial charge >= 0.3 is 5.97 Å². The van der Waals surface area contributed by atoms with Gasteiger partial charge in [-0.1, -0.05) is 109 Å². The van der Waals surface area contributed by atoms with Gasteiger partial charge in [0.05, 0.1) is 34.9 Å². The van der Waals surface area contributed by atoms with Crippen molar-refractivity contribution in [2.24, 2.45) is 0 Å². The van der Waals surface area contributed by atoms with Crippen molar-refractivity contribution in [3.8, 4) is 45.3 Å². The Hall–Kier alpha value is -6.83. The topological polar surface area (TPSA) is 127 Å². The third-order valence-corrected chi connectivity index (χ3v) is 10.1. The van der Waals surface area contributed by atoms with Crippen LogP contribution in [0.4, 0.5) is 5.69 Å². The summed E-state index contributed by atoms with van der Waals surface area (Å²) < 4.78 is 10.6. The zero-order valence-corrected chi connectivity index (χ0v) is 29.8. The van der Waals surface area contributed by atoms with E-state index in [1.54, 1.807) is 31.4 Å². The maximum absolute atomic E-state index is 13.8. The van der Waals surface area contributed by atoms with E-state index in [0.29, 0.717) is 27.6 Å². The lowest BCUT2D eigenvalue weighted by atomic mass is 9.99. The molecule has 1 aromatic heterocycles. The summed E-state index contributed by atoms with van der Waals surface area (Å²) in [6, 6.07) is 43.6. The average molecular weight is 730 g/mol. The SMILES string of the molecule is COc1ccc(-c2cc(-c3ccccc3)nc(SC3CC(=O)N(c4ccc(C(=O)OCC(=O)c5ccc(-c6ccccc6)cc5)cc4)C3=O)c2C#N)cc1. The van der Waals surface area contributed by atoms with Crippen molar-refractivity contribution in [3.05, 3.63) is 156 Å². The summed E-state index contributed by atoms with van der Waals surface area (Å²) in [6.07, 6.45) is -0.109. The molecule has 0 radical (unpaired) electrons. The number of pyridine rings is 1. The largest absolute Gasteiger partial charge is 0.497 e. The molecule has 1 aliphatic rings. The number of methoxy groups -OCH3 is 1. The van der Waals surface area contributed by atoms with Gasteiger partial charge in [0.25, 0.3) is 0 Å². The van der Waals surface area contributed by atoms with Crippen LogP contribution in [0.15, 0.2) is 145 Å². The summed E-state index contributed by atoms with van der Waals surface area (Å²) in [5, 5.41) is 9.83. The van der Waals surface area contributed by atoms with Gasteiger partial charge in [-0.05, 0) is 59.2 Å². The maximum atomic E-state index is 13.8. The number of amides is 2. The number of rotatable bonds is 11. The van der Waals surface area contributed by atoms with E-state index in [2.05, 4.69) is 6.07 Å². The highest BCUT2D eigenvalue weighted by Crippen LogP contribution is 2.39. The van der Waals surface area contributed by atoms with Crippen LogP contribution < -0.4 is 9.64 Å². The van der Waals surface area contributed by atoms with Gasteiger partial charge in [-0.3, -0.25) is 14.4 Å². The number of hydrogen-bond acceptors (Lipinski definition) is 9. The quantitative estimate of drug-likeness (QED) is 0.0734. The van der Waals surface area contributed by atoms with E-state index in [-0.39, 0.29) is 29.0 Å². The van der Waals surface area contributed by atoms with Crippen molar-refractivity contribution < 1.29 is 28.7 Å². The zero-order valence-electron chi connectivity index (χ0n) is 29.0. The van der Waals surface area contributed by atoms with E-state index in [4.69, 9.17) is 14.5 Å². The third kappa shape index (κ3) is 7.53. The number of esters is 1. The molecule has 0 spiro atoms. The minimum Gasteiger partial charge on any atom is -0.497 e. The van der Waals surface area contributed by atoms with Crippen molar-refractivity contribution >= 4 is 41.0 Å². The molecule has 9 nitrogen and oxygen atoms in total. The fourth-order valence-corrected chi connectivity index (χ4v) is 7.22. The Kier molecular flexibility index (Phi) is 10.4. The first-order valence-corrected chi connectivity index (χ1v) is 17.8. The van der Waals surface area contributed by atoms with Crippen LogP contribution in [-0.2, 0) is 14.3 Å². The number of imide groups is 1. The van der Waals surface area contributed by atoms with Crippen molar-refractivity contribution in [1.29, 1.82) is 5.26 Å². The Labute approximate surface area is 315 Å². The molecule has 264 valence electrons. The molecule has 1 aliphatic heterocycles. The molecule has 1 saturated heterocycles. The lowest BCUT2D eigenvalue weighted by molar-refractivity contribution is -0.121. The molecule has 10 heteroatoms. The number of carbonyl (C=O) groups excluding carboxylic acids is 4. The first-order valence-electron chi connectivity index (χ1n) is 17.0. The highest BCUT2D eigenvalue weighted by atomic mass is 32.2. The highest BCUT2D eigenvalue weighted by Gasteiger charge is 2.41. The molecule has 6 aromatic rings. The van der Waals surface area contributed by atoms with E-state index in [0.717, 1.165) is 38.9 Å². The summed E-state index contributed by atoms with van der Waals surface area (Å²) >= 11 is 1.08. The van der Waals surface area contributed by atoms with Crippen LogP contribution in [-0.4, -0.2) is 47.5 Å². The van der Waals surface area contributed by atoms with E-state index in [1.807, 2.05) is 91.0 Å². The molecule has 0 saturated carbocycles. The number of carbonyl (C=O) groups is 4. The summed E-state index contributed by atoms with van der Waals surface area (Å²) in [5.74, 6) is -1.29. The number of thioether (sulfide) groups is 1. The van der Waals surface area contributed by atoms with Gasteiger partial charge in [0.2, 0.25) is 11.8 Å². The third-order valence-electron chi connectivity index (χ3n) is 8.94. The van der Waals surface area contributed by atoms with Gasteiger partial charge in [-0.2, -0.15) is 5.26 Å². The smallest absolute Gasteiger partial charge is 0.338 e. The normalized spacial score (nSPS) is 13.7. The van der Waals surface area contributed by atoms with Gasteiger partial charge in [0, 0.05) is 23.1 Å². The molecule has 2 amide bonds. The molecule has 0 bridgehead atoms. The minimum absolute atomic E-state index is 0.109. The van der Waals surface area contributed by atoms with Crippen molar-refractivity contribution in [3.63, 3.8) is 0 Å². The molecule has 7 rings (SSSR count). The molecule has 1 unspecified atom stereocenters. The van der Waals surface area contributed by atoms with Crippen LogP contribution in [0.3, 0.4) is 0 Å². The standard InChI is InChI=1S/C44H31N3O6S/c1-52-35-22-18-30(19-23-35)36-24-38(31-10-6-3-7-11-31)46-42(37(36)26-45)54-40-25-41(49)47(43(40)50)34-20-16-33(17-21-34)44(51)53-27-39(48)32-14-12-29(13-15-32)28-8-4-2-5-9-28/h2-24,40H,25,27H2,1H3. The number of aromatic nitrogens is 1. The van der Waals surface area contributed by atoms with Gasteiger partial charge in [0.15, 0.2) is 12.4 Å². The highest BCUT2D eigenvalue weighted by molar-refractivity contribution is 8.00. The molecule has 0 aliphatic carbocycles. The lowest BCUT2D eigenvalue weighted by Gasteiger charge is -2.16. The predicted octanol–water partition coefficient (Wildman–Crippen LogP) is 8.43. The molecule has 0 N–H and O–H groups in total. The number of Topliss-reactive ketones (excluding diaryl/α,β-unsaturated/α-hetero) is 1. The number of hydrogen-bond donors (Lipinski definition) is 0. The summed E-state index contributed by atoms with van der Waals surface area (Å²) in [6.45, 7) is -0.447. The molecule has 1 atom stereocenters. The molecular weight excluding hydrogens is 699 g/mol. The Bertz CT molecular complexity index is 2390. The second kappa shape index (κ2) is 15.8. The van der Waals surface area contributed by atoms with Crippen molar-refractivity contribution in [2.75, 3.05) is 18.6 Å².